The highest BCUT2D eigenvalue weighted by Crippen LogP contribution is 2.28. The summed E-state index contributed by atoms with van der Waals surface area (Å²) < 4.78 is 8.75. The Kier molecular flexibility index (Phi) is 4.85. The Morgan fingerprint density at radius 1 is 1.16 bits per heavy atom. The summed E-state index contributed by atoms with van der Waals surface area (Å²) in [7, 11) is 2.22. The maximum atomic E-state index is 11.3. The molecule has 0 aliphatic rings. The van der Waals surface area contributed by atoms with E-state index in [1.165, 1.54) is 13.2 Å². The number of phenols is 1. The summed E-state index contributed by atoms with van der Waals surface area (Å²) in [5, 5.41) is 28.9. The van der Waals surface area contributed by atoms with Crippen molar-refractivity contribution in [3.05, 3.63) is 29.3 Å². The predicted octanol–water partition coefficient (Wildman–Crippen LogP) is -0.254. The molecule has 104 valence electrons. The summed E-state index contributed by atoms with van der Waals surface area (Å²) in [6, 6.07) is 3.55. The van der Waals surface area contributed by atoms with Crippen LogP contribution in [0, 0.1) is 0 Å². The maximum absolute atomic E-state index is 11.3. The molecule has 7 heteroatoms. The van der Waals surface area contributed by atoms with E-state index in [2.05, 4.69) is 9.47 Å². The van der Waals surface area contributed by atoms with Crippen molar-refractivity contribution in [1.29, 1.82) is 0 Å². The second-order valence-electron chi connectivity index (χ2n) is 3.68. The number of rotatable bonds is 4. The van der Waals surface area contributed by atoms with Crippen LogP contribution in [0.2, 0.25) is 0 Å². The standard InChI is InChI=1S/C12H14O7/c1-18-11(16)6-3-4-8(13)7(5-6)9(14)10(15)12(17)19-2/h3-5,9-10,13-15H,1-2H3. The fourth-order valence-corrected chi connectivity index (χ4v) is 1.46. The topological polar surface area (TPSA) is 113 Å². The molecule has 0 aromatic heterocycles. The van der Waals surface area contributed by atoms with Crippen LogP contribution in [0.25, 0.3) is 0 Å². The number of aromatic hydroxyl groups is 1. The molecule has 2 unspecified atom stereocenters. The average Bonchev–Trinajstić information content (AvgIpc) is 2.44. The number of aliphatic hydroxyl groups is 2. The van der Waals surface area contributed by atoms with E-state index >= 15 is 0 Å². The molecule has 0 saturated heterocycles. The molecule has 1 aromatic carbocycles. The zero-order valence-electron chi connectivity index (χ0n) is 10.4. The van der Waals surface area contributed by atoms with Crippen LogP contribution in [0.5, 0.6) is 5.75 Å². The third-order valence-electron chi connectivity index (χ3n) is 2.51. The molecule has 0 aliphatic heterocycles. The van der Waals surface area contributed by atoms with Gasteiger partial charge in [-0.1, -0.05) is 0 Å². The number of hydrogen-bond donors (Lipinski definition) is 3. The Hall–Kier alpha value is -2.12. The second-order valence-corrected chi connectivity index (χ2v) is 3.68. The van der Waals surface area contributed by atoms with Gasteiger partial charge in [-0.3, -0.25) is 0 Å². The highest BCUT2D eigenvalue weighted by atomic mass is 16.5. The van der Waals surface area contributed by atoms with Gasteiger partial charge in [-0.15, -0.1) is 0 Å². The Morgan fingerprint density at radius 3 is 2.32 bits per heavy atom. The quantitative estimate of drug-likeness (QED) is 0.646. The zero-order chi connectivity index (χ0) is 14.6. The van der Waals surface area contributed by atoms with E-state index in [-0.39, 0.29) is 16.9 Å². The smallest absolute Gasteiger partial charge is 0.337 e. The van der Waals surface area contributed by atoms with E-state index < -0.39 is 24.1 Å². The molecule has 3 N–H and O–H groups in total. The zero-order valence-corrected chi connectivity index (χ0v) is 10.4. The van der Waals surface area contributed by atoms with Crippen molar-refractivity contribution in [2.45, 2.75) is 12.2 Å². The lowest BCUT2D eigenvalue weighted by Gasteiger charge is -2.17. The third-order valence-corrected chi connectivity index (χ3v) is 2.51. The first-order valence-electron chi connectivity index (χ1n) is 5.27. The fraction of sp³-hybridized carbons (Fsp3) is 0.333. The molecule has 1 rings (SSSR count). The number of phenolic OH excluding ortho intramolecular Hbond substituents is 1. The molecule has 0 amide bonds. The lowest BCUT2D eigenvalue weighted by Crippen LogP contribution is -2.29. The summed E-state index contributed by atoms with van der Waals surface area (Å²) in [5.41, 5.74) is -0.118. The van der Waals surface area contributed by atoms with Crippen LogP contribution in [-0.2, 0) is 14.3 Å². The number of carbonyl (C=O) groups excluding carboxylic acids is 2. The van der Waals surface area contributed by atoms with E-state index in [0.717, 1.165) is 19.2 Å². The second kappa shape index (κ2) is 6.17. The highest BCUT2D eigenvalue weighted by Gasteiger charge is 2.29. The van der Waals surface area contributed by atoms with Gasteiger partial charge >= 0.3 is 11.9 Å². The minimum Gasteiger partial charge on any atom is -0.508 e. The minimum atomic E-state index is -1.87. The van der Waals surface area contributed by atoms with Crippen molar-refractivity contribution in [1.82, 2.24) is 0 Å². The number of benzene rings is 1. The van der Waals surface area contributed by atoms with Crippen molar-refractivity contribution >= 4 is 11.9 Å². The Bertz CT molecular complexity index is 483. The summed E-state index contributed by atoms with van der Waals surface area (Å²) >= 11 is 0. The summed E-state index contributed by atoms with van der Waals surface area (Å²) in [4.78, 5) is 22.4. The van der Waals surface area contributed by atoms with Crippen molar-refractivity contribution in [2.75, 3.05) is 14.2 Å². The summed E-state index contributed by atoms with van der Waals surface area (Å²) in [5.74, 6) is -2.11. The predicted molar refractivity (Wildman–Crippen MR) is 62.4 cm³/mol. The van der Waals surface area contributed by atoms with Crippen molar-refractivity contribution in [3.8, 4) is 5.75 Å². The van der Waals surface area contributed by atoms with Crippen LogP contribution >= 0.6 is 0 Å². The molecule has 0 fully saturated rings. The van der Waals surface area contributed by atoms with E-state index in [0.29, 0.717) is 0 Å². The summed E-state index contributed by atoms with van der Waals surface area (Å²) in [6.45, 7) is 0. The van der Waals surface area contributed by atoms with Crippen LogP contribution in [0.3, 0.4) is 0 Å². The normalized spacial score (nSPS) is 13.5. The maximum Gasteiger partial charge on any atom is 0.337 e. The molecule has 0 aliphatic carbocycles. The van der Waals surface area contributed by atoms with E-state index in [4.69, 9.17) is 0 Å². The van der Waals surface area contributed by atoms with E-state index in [1.807, 2.05) is 0 Å². The van der Waals surface area contributed by atoms with Crippen LogP contribution in [0.1, 0.15) is 22.0 Å². The van der Waals surface area contributed by atoms with Gasteiger partial charge in [0.1, 0.15) is 11.9 Å². The number of ether oxygens (including phenoxy) is 2. The largest absolute Gasteiger partial charge is 0.508 e. The lowest BCUT2D eigenvalue weighted by molar-refractivity contribution is -0.156. The Morgan fingerprint density at radius 2 is 1.79 bits per heavy atom. The molecular weight excluding hydrogens is 256 g/mol. The van der Waals surface area contributed by atoms with Crippen molar-refractivity contribution in [3.63, 3.8) is 0 Å². The lowest BCUT2D eigenvalue weighted by atomic mass is 10.0. The average molecular weight is 270 g/mol. The molecule has 0 heterocycles. The van der Waals surface area contributed by atoms with Gasteiger partial charge in [0.25, 0.3) is 0 Å². The van der Waals surface area contributed by atoms with Crippen molar-refractivity contribution in [2.24, 2.45) is 0 Å². The summed E-state index contributed by atoms with van der Waals surface area (Å²) in [6.07, 6.45) is -3.60. The van der Waals surface area contributed by atoms with Gasteiger partial charge < -0.3 is 24.8 Å². The van der Waals surface area contributed by atoms with Crippen molar-refractivity contribution < 1.29 is 34.4 Å². The molecule has 0 bridgehead atoms. The van der Waals surface area contributed by atoms with Gasteiger partial charge in [0.05, 0.1) is 19.8 Å². The minimum absolute atomic E-state index is 0.0615. The first-order valence-corrected chi connectivity index (χ1v) is 5.27. The molecule has 2 atom stereocenters. The van der Waals surface area contributed by atoms with Gasteiger partial charge in [-0.2, -0.15) is 0 Å². The Balaban J connectivity index is 3.11. The Labute approximate surface area is 109 Å². The van der Waals surface area contributed by atoms with E-state index in [9.17, 15) is 24.9 Å². The van der Waals surface area contributed by atoms with Crippen LogP contribution < -0.4 is 0 Å². The number of esters is 2. The van der Waals surface area contributed by atoms with Gasteiger partial charge in [-0.05, 0) is 18.2 Å². The number of aliphatic hydroxyl groups excluding tert-OH is 2. The monoisotopic (exact) mass is 270 g/mol. The van der Waals surface area contributed by atoms with Gasteiger partial charge in [0.15, 0.2) is 6.10 Å². The number of hydrogen-bond acceptors (Lipinski definition) is 7. The fourth-order valence-electron chi connectivity index (χ4n) is 1.46. The highest BCUT2D eigenvalue weighted by molar-refractivity contribution is 5.89. The molecule has 7 nitrogen and oxygen atoms in total. The number of carbonyl (C=O) groups is 2. The molecular formula is C12H14O7. The molecule has 0 spiro atoms. The molecule has 19 heavy (non-hydrogen) atoms. The third kappa shape index (κ3) is 3.21. The molecule has 0 radical (unpaired) electrons. The first-order chi connectivity index (χ1) is 8.92. The number of methoxy groups -OCH3 is 2. The SMILES string of the molecule is COC(=O)c1ccc(O)c(C(O)C(O)C(=O)OC)c1. The molecule has 1 aromatic rings. The molecule has 0 saturated carbocycles. The van der Waals surface area contributed by atoms with E-state index in [1.54, 1.807) is 0 Å². The van der Waals surface area contributed by atoms with Gasteiger partial charge in [0, 0.05) is 5.56 Å². The van der Waals surface area contributed by atoms with Crippen LogP contribution in [0.4, 0.5) is 0 Å². The van der Waals surface area contributed by atoms with Crippen LogP contribution in [0.15, 0.2) is 18.2 Å². The van der Waals surface area contributed by atoms with Gasteiger partial charge in [-0.25, -0.2) is 9.59 Å². The first kappa shape index (κ1) is 14.9. The van der Waals surface area contributed by atoms with Gasteiger partial charge in [0.2, 0.25) is 0 Å². The van der Waals surface area contributed by atoms with Crippen LogP contribution in [-0.4, -0.2) is 47.6 Å².